The highest BCUT2D eigenvalue weighted by Gasteiger charge is 2.34. The number of likely N-dealkylation sites (tertiary alicyclic amines) is 1. The molecule has 0 aliphatic carbocycles. The van der Waals surface area contributed by atoms with Gasteiger partial charge >= 0.3 is 0 Å². The van der Waals surface area contributed by atoms with E-state index in [1.165, 1.54) is 0 Å². The summed E-state index contributed by atoms with van der Waals surface area (Å²) in [5.41, 5.74) is 0.973. The number of amides is 1. The van der Waals surface area contributed by atoms with Gasteiger partial charge in [-0.05, 0) is 44.9 Å². The summed E-state index contributed by atoms with van der Waals surface area (Å²) in [7, 11) is 0. The van der Waals surface area contributed by atoms with Crippen molar-refractivity contribution in [1.29, 1.82) is 0 Å². The van der Waals surface area contributed by atoms with E-state index in [-0.39, 0.29) is 12.0 Å². The van der Waals surface area contributed by atoms with E-state index in [0.29, 0.717) is 31.7 Å². The van der Waals surface area contributed by atoms with Crippen molar-refractivity contribution in [3.05, 3.63) is 35.4 Å². The van der Waals surface area contributed by atoms with Crippen molar-refractivity contribution in [2.24, 2.45) is 0 Å². The van der Waals surface area contributed by atoms with Crippen LogP contribution in [0.25, 0.3) is 0 Å². The monoisotopic (exact) mass is 277 g/mol. The molecule has 0 radical (unpaired) electrons. The first-order valence-electron chi connectivity index (χ1n) is 7.09. The van der Waals surface area contributed by atoms with Gasteiger partial charge in [0.1, 0.15) is 0 Å². The summed E-state index contributed by atoms with van der Waals surface area (Å²) in [6.07, 6.45) is 0.835. The lowest BCUT2D eigenvalue weighted by Gasteiger charge is -2.19. The standard InChI is InChI=1S/C16H23NO3/c1-12(2)20-10-13-4-6-14(7-5-13)15(18)17-9-8-16(3,19)11-17/h4-7,12,19H,8-11H2,1-3H3. The van der Waals surface area contributed by atoms with Crippen LogP contribution in [0.1, 0.15) is 43.1 Å². The van der Waals surface area contributed by atoms with Crippen LogP contribution in [0.3, 0.4) is 0 Å². The molecule has 1 amide bonds. The lowest BCUT2D eigenvalue weighted by atomic mass is 10.1. The van der Waals surface area contributed by atoms with E-state index in [4.69, 9.17) is 4.74 Å². The Morgan fingerprint density at radius 3 is 2.55 bits per heavy atom. The molecule has 4 heteroatoms. The highest BCUT2D eigenvalue weighted by atomic mass is 16.5. The van der Waals surface area contributed by atoms with Crippen LogP contribution < -0.4 is 0 Å². The van der Waals surface area contributed by atoms with Crippen molar-refractivity contribution in [3.8, 4) is 0 Å². The van der Waals surface area contributed by atoms with E-state index >= 15 is 0 Å². The van der Waals surface area contributed by atoms with Crippen LogP contribution >= 0.6 is 0 Å². The minimum Gasteiger partial charge on any atom is -0.388 e. The van der Waals surface area contributed by atoms with Crippen LogP contribution in [0, 0.1) is 0 Å². The van der Waals surface area contributed by atoms with Gasteiger partial charge < -0.3 is 14.7 Å². The van der Waals surface area contributed by atoms with Gasteiger partial charge in [-0.1, -0.05) is 12.1 Å². The highest BCUT2D eigenvalue weighted by Crippen LogP contribution is 2.22. The maximum Gasteiger partial charge on any atom is 0.253 e. The average Bonchev–Trinajstić information content (AvgIpc) is 2.76. The Morgan fingerprint density at radius 2 is 2.05 bits per heavy atom. The number of rotatable bonds is 4. The molecular formula is C16H23NO3. The second-order valence-corrected chi connectivity index (χ2v) is 6.03. The second kappa shape index (κ2) is 5.94. The van der Waals surface area contributed by atoms with Gasteiger partial charge in [-0.2, -0.15) is 0 Å². The Hall–Kier alpha value is -1.39. The first-order valence-corrected chi connectivity index (χ1v) is 7.09. The van der Waals surface area contributed by atoms with Gasteiger partial charge in [-0.15, -0.1) is 0 Å². The molecule has 1 aliphatic rings. The number of nitrogens with zero attached hydrogens (tertiary/aromatic N) is 1. The van der Waals surface area contributed by atoms with E-state index in [2.05, 4.69) is 0 Å². The number of ether oxygens (including phenoxy) is 1. The van der Waals surface area contributed by atoms with Crippen molar-refractivity contribution in [2.45, 2.75) is 45.5 Å². The van der Waals surface area contributed by atoms with Crippen molar-refractivity contribution in [1.82, 2.24) is 4.90 Å². The first-order chi connectivity index (χ1) is 9.37. The molecule has 0 saturated carbocycles. The van der Waals surface area contributed by atoms with Crippen molar-refractivity contribution in [2.75, 3.05) is 13.1 Å². The second-order valence-electron chi connectivity index (χ2n) is 6.03. The molecule has 1 N–H and O–H groups in total. The molecule has 1 aromatic rings. The molecule has 0 bridgehead atoms. The molecule has 1 heterocycles. The third-order valence-corrected chi connectivity index (χ3v) is 3.52. The molecule has 1 saturated heterocycles. The molecule has 1 aliphatic heterocycles. The molecule has 1 atom stereocenters. The summed E-state index contributed by atoms with van der Waals surface area (Å²) in [6.45, 7) is 7.35. The predicted octanol–water partition coefficient (Wildman–Crippen LogP) is 2.21. The zero-order valence-corrected chi connectivity index (χ0v) is 12.4. The van der Waals surface area contributed by atoms with Gasteiger partial charge in [-0.25, -0.2) is 0 Å². The Balaban J connectivity index is 1.97. The topological polar surface area (TPSA) is 49.8 Å². The van der Waals surface area contributed by atoms with Gasteiger partial charge in [0.05, 0.1) is 18.3 Å². The average molecular weight is 277 g/mol. The van der Waals surface area contributed by atoms with Crippen LogP contribution in [-0.4, -0.2) is 40.7 Å². The number of benzene rings is 1. The first kappa shape index (κ1) is 15.0. The van der Waals surface area contributed by atoms with Crippen LogP contribution in [0.15, 0.2) is 24.3 Å². The quantitative estimate of drug-likeness (QED) is 0.918. The smallest absolute Gasteiger partial charge is 0.253 e. The van der Waals surface area contributed by atoms with Crippen LogP contribution in [0.2, 0.25) is 0 Å². The number of carbonyl (C=O) groups excluding carboxylic acids is 1. The van der Waals surface area contributed by atoms with E-state index in [0.717, 1.165) is 5.56 Å². The van der Waals surface area contributed by atoms with E-state index in [9.17, 15) is 9.90 Å². The fourth-order valence-corrected chi connectivity index (χ4v) is 2.31. The summed E-state index contributed by atoms with van der Waals surface area (Å²) in [5, 5.41) is 9.92. The fourth-order valence-electron chi connectivity index (χ4n) is 2.31. The van der Waals surface area contributed by atoms with E-state index in [1.54, 1.807) is 11.8 Å². The maximum atomic E-state index is 12.3. The summed E-state index contributed by atoms with van der Waals surface area (Å²) >= 11 is 0. The summed E-state index contributed by atoms with van der Waals surface area (Å²) in [4.78, 5) is 14.0. The van der Waals surface area contributed by atoms with Gasteiger partial charge in [0, 0.05) is 18.7 Å². The predicted molar refractivity (Wildman–Crippen MR) is 77.5 cm³/mol. The zero-order valence-electron chi connectivity index (χ0n) is 12.4. The van der Waals surface area contributed by atoms with Gasteiger partial charge in [0.2, 0.25) is 0 Å². The van der Waals surface area contributed by atoms with Crippen LogP contribution in [-0.2, 0) is 11.3 Å². The number of hydrogen-bond donors (Lipinski definition) is 1. The number of aliphatic hydroxyl groups is 1. The fraction of sp³-hybridized carbons (Fsp3) is 0.562. The summed E-state index contributed by atoms with van der Waals surface area (Å²) < 4.78 is 5.53. The van der Waals surface area contributed by atoms with Crippen molar-refractivity contribution in [3.63, 3.8) is 0 Å². The van der Waals surface area contributed by atoms with Gasteiger partial charge in [0.15, 0.2) is 0 Å². The Kier molecular flexibility index (Phi) is 4.45. The summed E-state index contributed by atoms with van der Waals surface area (Å²) in [5.74, 6) is -0.0147. The molecule has 0 spiro atoms. The molecule has 1 aromatic carbocycles. The Morgan fingerprint density at radius 1 is 1.40 bits per heavy atom. The molecular weight excluding hydrogens is 254 g/mol. The number of hydrogen-bond acceptors (Lipinski definition) is 3. The minimum atomic E-state index is -0.749. The number of β-amino-alcohol motifs (C(OH)–C–C–N with tert-alkyl or cyclic N) is 1. The van der Waals surface area contributed by atoms with Crippen LogP contribution in [0.4, 0.5) is 0 Å². The third kappa shape index (κ3) is 3.81. The molecule has 1 unspecified atom stereocenters. The van der Waals surface area contributed by atoms with Crippen molar-refractivity contribution >= 4 is 5.91 Å². The molecule has 4 nitrogen and oxygen atoms in total. The molecule has 1 fully saturated rings. The third-order valence-electron chi connectivity index (χ3n) is 3.52. The number of carbonyl (C=O) groups is 1. The minimum absolute atomic E-state index is 0.0147. The van der Waals surface area contributed by atoms with E-state index in [1.807, 2.05) is 38.1 Å². The lowest BCUT2D eigenvalue weighted by Crippen LogP contribution is -2.33. The van der Waals surface area contributed by atoms with Gasteiger partial charge in [0.25, 0.3) is 5.91 Å². The maximum absolute atomic E-state index is 12.3. The van der Waals surface area contributed by atoms with Crippen LogP contribution in [0.5, 0.6) is 0 Å². The largest absolute Gasteiger partial charge is 0.388 e. The Bertz CT molecular complexity index is 465. The zero-order chi connectivity index (χ0) is 14.8. The lowest BCUT2D eigenvalue weighted by molar-refractivity contribution is 0.0571. The normalized spacial score (nSPS) is 22.6. The Labute approximate surface area is 120 Å². The van der Waals surface area contributed by atoms with Crippen molar-refractivity contribution < 1.29 is 14.6 Å². The molecule has 20 heavy (non-hydrogen) atoms. The van der Waals surface area contributed by atoms with E-state index < -0.39 is 5.60 Å². The molecule has 2 rings (SSSR count). The molecule has 110 valence electrons. The summed E-state index contributed by atoms with van der Waals surface area (Å²) in [6, 6.07) is 7.50. The van der Waals surface area contributed by atoms with Gasteiger partial charge in [-0.3, -0.25) is 4.79 Å². The highest BCUT2D eigenvalue weighted by molar-refractivity contribution is 5.94. The SMILES string of the molecule is CC(C)OCc1ccc(C(=O)N2CCC(C)(O)C2)cc1. The molecule has 0 aromatic heterocycles.